The highest BCUT2D eigenvalue weighted by atomic mass is 79.9. The molecule has 0 aliphatic rings. The minimum atomic E-state index is 0.000412. The molecule has 0 spiro atoms. The van der Waals surface area contributed by atoms with Gasteiger partial charge in [0.2, 0.25) is 5.91 Å². The SMILES string of the molecule is O=C(CCc1cccnc1)NCc1ccc(-c2ccc(Br)cc2)o1. The predicted octanol–water partition coefficient (Wildman–Crippen LogP) is 4.35. The van der Waals surface area contributed by atoms with Crippen molar-refractivity contribution in [3.63, 3.8) is 0 Å². The van der Waals surface area contributed by atoms with Crippen molar-refractivity contribution in [1.29, 1.82) is 0 Å². The van der Waals surface area contributed by atoms with Crippen LogP contribution in [-0.4, -0.2) is 10.9 Å². The van der Waals surface area contributed by atoms with Gasteiger partial charge in [-0.25, -0.2) is 0 Å². The average molecular weight is 385 g/mol. The maximum Gasteiger partial charge on any atom is 0.220 e. The van der Waals surface area contributed by atoms with Crippen molar-refractivity contribution < 1.29 is 9.21 Å². The molecule has 24 heavy (non-hydrogen) atoms. The molecule has 1 N–H and O–H groups in total. The van der Waals surface area contributed by atoms with E-state index in [1.807, 2.05) is 48.5 Å². The lowest BCUT2D eigenvalue weighted by molar-refractivity contribution is -0.121. The molecule has 5 heteroatoms. The summed E-state index contributed by atoms with van der Waals surface area (Å²) in [6.45, 7) is 0.391. The molecule has 3 aromatic rings. The summed E-state index contributed by atoms with van der Waals surface area (Å²) in [4.78, 5) is 16.0. The number of nitrogens with one attached hydrogen (secondary N) is 1. The van der Waals surface area contributed by atoms with Gasteiger partial charge in [-0.2, -0.15) is 0 Å². The molecule has 0 atom stereocenters. The Balaban J connectivity index is 1.50. The lowest BCUT2D eigenvalue weighted by Gasteiger charge is -2.03. The first-order valence-electron chi connectivity index (χ1n) is 7.71. The molecule has 0 saturated heterocycles. The molecule has 0 fully saturated rings. The second-order valence-corrected chi connectivity index (χ2v) is 6.33. The van der Waals surface area contributed by atoms with Crippen LogP contribution in [0.4, 0.5) is 0 Å². The van der Waals surface area contributed by atoms with Crippen LogP contribution in [0.15, 0.2) is 69.8 Å². The zero-order chi connectivity index (χ0) is 16.8. The topological polar surface area (TPSA) is 55.1 Å². The minimum absolute atomic E-state index is 0.000412. The van der Waals surface area contributed by atoms with Crippen molar-refractivity contribution in [2.75, 3.05) is 0 Å². The van der Waals surface area contributed by atoms with Crippen LogP contribution in [0, 0.1) is 0 Å². The molecule has 2 aromatic heterocycles. The lowest BCUT2D eigenvalue weighted by atomic mass is 10.1. The molecular formula is C19H17BrN2O2. The molecule has 0 saturated carbocycles. The molecule has 3 rings (SSSR count). The summed E-state index contributed by atoms with van der Waals surface area (Å²) < 4.78 is 6.81. The summed E-state index contributed by atoms with van der Waals surface area (Å²) in [6, 6.07) is 15.6. The van der Waals surface area contributed by atoms with E-state index in [9.17, 15) is 4.79 Å². The Morgan fingerprint density at radius 3 is 2.71 bits per heavy atom. The Bertz CT molecular complexity index is 798. The number of aromatic nitrogens is 1. The van der Waals surface area contributed by atoms with Crippen LogP contribution < -0.4 is 5.32 Å². The molecule has 1 aromatic carbocycles. The van der Waals surface area contributed by atoms with Gasteiger partial charge in [-0.3, -0.25) is 9.78 Å². The zero-order valence-electron chi connectivity index (χ0n) is 13.0. The molecule has 4 nitrogen and oxygen atoms in total. The number of aryl methyl sites for hydroxylation is 1. The predicted molar refractivity (Wildman–Crippen MR) is 96.2 cm³/mol. The first-order valence-corrected chi connectivity index (χ1v) is 8.50. The van der Waals surface area contributed by atoms with Crippen LogP contribution in [0.25, 0.3) is 11.3 Å². The van der Waals surface area contributed by atoms with Crippen molar-refractivity contribution in [3.05, 3.63) is 76.7 Å². The standard InChI is InChI=1S/C19H17BrN2O2/c20-16-6-4-15(5-7-16)18-9-8-17(24-18)13-22-19(23)10-3-14-2-1-11-21-12-14/h1-2,4-9,11-12H,3,10,13H2,(H,22,23). The van der Waals surface area contributed by atoms with Gasteiger partial charge in [0, 0.05) is 28.9 Å². The maximum absolute atomic E-state index is 11.9. The number of nitrogens with zero attached hydrogens (tertiary/aromatic N) is 1. The highest BCUT2D eigenvalue weighted by molar-refractivity contribution is 9.10. The Hall–Kier alpha value is -2.40. The van der Waals surface area contributed by atoms with Gasteiger partial charge >= 0.3 is 0 Å². The molecular weight excluding hydrogens is 368 g/mol. The lowest BCUT2D eigenvalue weighted by Crippen LogP contribution is -2.22. The van der Waals surface area contributed by atoms with Crippen LogP contribution in [-0.2, 0) is 17.8 Å². The van der Waals surface area contributed by atoms with Gasteiger partial charge < -0.3 is 9.73 Å². The Morgan fingerprint density at radius 1 is 1.12 bits per heavy atom. The highest BCUT2D eigenvalue weighted by Crippen LogP contribution is 2.23. The Morgan fingerprint density at radius 2 is 1.96 bits per heavy atom. The maximum atomic E-state index is 11.9. The number of halogens is 1. The van der Waals surface area contributed by atoms with Crippen molar-refractivity contribution in [1.82, 2.24) is 10.3 Å². The van der Waals surface area contributed by atoms with E-state index in [4.69, 9.17) is 4.42 Å². The average Bonchev–Trinajstić information content (AvgIpc) is 3.09. The number of amides is 1. The number of pyridine rings is 1. The molecule has 122 valence electrons. The van der Waals surface area contributed by atoms with E-state index in [1.165, 1.54) is 0 Å². The summed E-state index contributed by atoms with van der Waals surface area (Å²) in [7, 11) is 0. The fourth-order valence-corrected chi connectivity index (χ4v) is 2.58. The third-order valence-corrected chi connectivity index (χ3v) is 4.14. The summed E-state index contributed by atoms with van der Waals surface area (Å²) >= 11 is 3.41. The number of rotatable bonds is 6. The van der Waals surface area contributed by atoms with Gasteiger partial charge in [0.05, 0.1) is 6.54 Å². The van der Waals surface area contributed by atoms with Crippen molar-refractivity contribution in [3.8, 4) is 11.3 Å². The van der Waals surface area contributed by atoms with Crippen LogP contribution >= 0.6 is 15.9 Å². The quantitative estimate of drug-likeness (QED) is 0.686. The number of carbonyl (C=O) groups excluding carboxylic acids is 1. The molecule has 1 amide bonds. The molecule has 0 aliphatic carbocycles. The van der Waals surface area contributed by atoms with Gasteiger partial charge in [0.1, 0.15) is 11.5 Å². The second kappa shape index (κ2) is 7.93. The van der Waals surface area contributed by atoms with Gasteiger partial charge in [-0.1, -0.05) is 34.1 Å². The summed E-state index contributed by atoms with van der Waals surface area (Å²) in [5.74, 6) is 1.53. The number of benzene rings is 1. The third kappa shape index (κ3) is 4.55. The minimum Gasteiger partial charge on any atom is -0.459 e. The molecule has 0 aliphatic heterocycles. The smallest absolute Gasteiger partial charge is 0.220 e. The number of furan rings is 1. The van der Waals surface area contributed by atoms with E-state index in [0.29, 0.717) is 19.4 Å². The van der Waals surface area contributed by atoms with E-state index in [2.05, 4.69) is 26.2 Å². The van der Waals surface area contributed by atoms with E-state index < -0.39 is 0 Å². The fourth-order valence-electron chi connectivity index (χ4n) is 2.32. The summed E-state index contributed by atoms with van der Waals surface area (Å²) in [6.07, 6.45) is 4.63. The van der Waals surface area contributed by atoms with E-state index in [1.54, 1.807) is 12.4 Å². The van der Waals surface area contributed by atoms with E-state index >= 15 is 0 Å². The number of carbonyl (C=O) groups is 1. The second-order valence-electron chi connectivity index (χ2n) is 5.41. The largest absolute Gasteiger partial charge is 0.459 e. The monoisotopic (exact) mass is 384 g/mol. The van der Waals surface area contributed by atoms with E-state index in [0.717, 1.165) is 27.1 Å². The van der Waals surface area contributed by atoms with Crippen LogP contribution in [0.3, 0.4) is 0 Å². The van der Waals surface area contributed by atoms with Crippen molar-refractivity contribution in [2.24, 2.45) is 0 Å². The van der Waals surface area contributed by atoms with Gasteiger partial charge in [-0.15, -0.1) is 0 Å². The first-order chi connectivity index (χ1) is 11.7. The Kier molecular flexibility index (Phi) is 5.43. The van der Waals surface area contributed by atoms with Crippen LogP contribution in [0.1, 0.15) is 17.7 Å². The summed E-state index contributed by atoms with van der Waals surface area (Å²) in [5.41, 5.74) is 2.07. The highest BCUT2D eigenvalue weighted by Gasteiger charge is 2.07. The van der Waals surface area contributed by atoms with Crippen molar-refractivity contribution in [2.45, 2.75) is 19.4 Å². The van der Waals surface area contributed by atoms with Gasteiger partial charge in [0.25, 0.3) is 0 Å². The van der Waals surface area contributed by atoms with Crippen LogP contribution in [0.2, 0.25) is 0 Å². The molecule has 0 radical (unpaired) electrons. The van der Waals surface area contributed by atoms with E-state index in [-0.39, 0.29) is 5.91 Å². The van der Waals surface area contributed by atoms with Crippen molar-refractivity contribution >= 4 is 21.8 Å². The summed E-state index contributed by atoms with van der Waals surface area (Å²) in [5, 5.41) is 2.88. The number of hydrogen-bond acceptors (Lipinski definition) is 3. The van der Waals surface area contributed by atoms with Gasteiger partial charge in [0.15, 0.2) is 0 Å². The number of hydrogen-bond donors (Lipinski definition) is 1. The normalized spacial score (nSPS) is 10.5. The fraction of sp³-hybridized carbons (Fsp3) is 0.158. The molecule has 0 bridgehead atoms. The molecule has 2 heterocycles. The Labute approximate surface area is 149 Å². The zero-order valence-corrected chi connectivity index (χ0v) is 14.6. The van der Waals surface area contributed by atoms with Gasteiger partial charge in [-0.05, 0) is 42.3 Å². The molecule has 0 unspecified atom stereocenters. The van der Waals surface area contributed by atoms with Crippen LogP contribution in [0.5, 0.6) is 0 Å². The first kappa shape index (κ1) is 16.5. The third-order valence-electron chi connectivity index (χ3n) is 3.61.